The average molecular weight is 410 g/mol. The molecule has 0 amide bonds. The molecule has 2 aliphatic rings. The van der Waals surface area contributed by atoms with Crippen molar-refractivity contribution in [3.63, 3.8) is 0 Å². The van der Waals surface area contributed by atoms with Crippen molar-refractivity contribution in [1.29, 1.82) is 0 Å². The summed E-state index contributed by atoms with van der Waals surface area (Å²) in [5.41, 5.74) is 2.86. The van der Waals surface area contributed by atoms with Crippen molar-refractivity contribution in [3.05, 3.63) is 94.8 Å². The van der Waals surface area contributed by atoms with Gasteiger partial charge in [0.2, 0.25) is 6.23 Å². The van der Waals surface area contributed by atoms with Gasteiger partial charge in [-0.15, -0.1) is 0 Å². The van der Waals surface area contributed by atoms with Crippen molar-refractivity contribution < 1.29 is 22.6 Å². The van der Waals surface area contributed by atoms with E-state index < -0.39 is 17.9 Å². The largest absolute Gasteiger partial charge is 0.493 e. The van der Waals surface area contributed by atoms with Gasteiger partial charge in [0.05, 0.1) is 18.9 Å². The lowest BCUT2D eigenvalue weighted by Gasteiger charge is -2.38. The predicted octanol–water partition coefficient (Wildman–Crippen LogP) is 5.35. The lowest BCUT2D eigenvalue weighted by Crippen LogP contribution is -2.34. The molecule has 30 heavy (non-hydrogen) atoms. The van der Waals surface area contributed by atoms with Gasteiger partial charge in [0, 0.05) is 17.5 Å². The average Bonchev–Trinajstić information content (AvgIpc) is 3.21. The van der Waals surface area contributed by atoms with Gasteiger partial charge in [-0.1, -0.05) is 30.3 Å². The molecule has 0 fully saturated rings. The van der Waals surface area contributed by atoms with E-state index in [0.717, 1.165) is 29.0 Å². The zero-order valence-electron chi connectivity index (χ0n) is 16.0. The second-order valence-corrected chi connectivity index (χ2v) is 7.18. The smallest absolute Gasteiger partial charge is 0.214 e. The molecule has 0 spiro atoms. The van der Waals surface area contributed by atoms with Crippen LogP contribution in [0.15, 0.2) is 65.8 Å². The van der Waals surface area contributed by atoms with Crippen LogP contribution in [0.2, 0.25) is 0 Å². The first-order valence-corrected chi connectivity index (χ1v) is 9.45. The summed E-state index contributed by atoms with van der Waals surface area (Å²) < 4.78 is 52.5. The van der Waals surface area contributed by atoms with E-state index in [0.29, 0.717) is 23.5 Å². The number of ether oxygens (including phenoxy) is 2. The number of hydrogen-bond acceptors (Lipinski definition) is 4. The molecule has 0 N–H and O–H groups in total. The van der Waals surface area contributed by atoms with Crippen molar-refractivity contribution in [2.45, 2.75) is 18.7 Å². The first-order valence-electron chi connectivity index (χ1n) is 9.45. The fourth-order valence-electron chi connectivity index (χ4n) is 3.95. The number of halogens is 3. The number of nitrogens with zero attached hydrogens (tertiary/aromatic N) is 2. The number of fused-ring (bicyclic) bond motifs is 3. The zero-order valence-corrected chi connectivity index (χ0v) is 16.0. The van der Waals surface area contributed by atoms with Crippen LogP contribution < -0.4 is 9.47 Å². The standard InChI is InChI=1S/C23H17F3N2O2/c1-29-21-4-2-3-16-20-12-19(13-5-8-15(24)9-6-13)27-28(20)23(30-22(16)21)14-7-10-17(25)18(26)11-14/h2-11,20,23H,12H2,1H3/t20-,23+/m1/s1. The van der Waals surface area contributed by atoms with Crippen LogP contribution in [0.3, 0.4) is 0 Å². The highest BCUT2D eigenvalue weighted by atomic mass is 19.2. The molecule has 0 saturated heterocycles. The van der Waals surface area contributed by atoms with Crippen molar-refractivity contribution in [2.75, 3.05) is 7.11 Å². The van der Waals surface area contributed by atoms with Crippen LogP contribution in [-0.4, -0.2) is 17.8 Å². The summed E-state index contributed by atoms with van der Waals surface area (Å²) >= 11 is 0. The maximum Gasteiger partial charge on any atom is 0.214 e. The number of hydrogen-bond donors (Lipinski definition) is 0. The molecule has 0 aliphatic carbocycles. The third kappa shape index (κ3) is 2.98. The molecule has 0 aromatic heterocycles. The number of rotatable bonds is 3. The van der Waals surface area contributed by atoms with Gasteiger partial charge in [0.15, 0.2) is 23.1 Å². The Kier molecular flexibility index (Phi) is 4.38. The lowest BCUT2D eigenvalue weighted by molar-refractivity contribution is -0.0211. The lowest BCUT2D eigenvalue weighted by atomic mass is 9.95. The predicted molar refractivity (Wildman–Crippen MR) is 105 cm³/mol. The number of benzene rings is 3. The van der Waals surface area contributed by atoms with E-state index in [9.17, 15) is 13.2 Å². The molecule has 2 atom stereocenters. The first-order chi connectivity index (χ1) is 14.5. The molecular weight excluding hydrogens is 393 g/mol. The monoisotopic (exact) mass is 410 g/mol. The Labute approximate surface area is 171 Å². The Balaban J connectivity index is 1.62. The third-order valence-corrected chi connectivity index (χ3v) is 5.41. The Hall–Kier alpha value is -3.48. The number of para-hydroxylation sites is 1. The van der Waals surface area contributed by atoms with E-state index in [1.165, 1.54) is 18.2 Å². The van der Waals surface area contributed by atoms with Gasteiger partial charge in [0.25, 0.3) is 0 Å². The molecule has 2 heterocycles. The highest BCUT2D eigenvalue weighted by Gasteiger charge is 2.42. The molecule has 0 unspecified atom stereocenters. The topological polar surface area (TPSA) is 34.1 Å². The van der Waals surface area contributed by atoms with Crippen molar-refractivity contribution in [2.24, 2.45) is 5.10 Å². The summed E-state index contributed by atoms with van der Waals surface area (Å²) in [6.45, 7) is 0. The SMILES string of the molecule is COc1cccc2c1O[C@@H](c1ccc(F)c(F)c1)N1N=C(c3ccc(F)cc3)C[C@H]21. The van der Waals surface area contributed by atoms with E-state index in [2.05, 4.69) is 0 Å². The maximum absolute atomic E-state index is 14.0. The Morgan fingerprint density at radius 1 is 1.00 bits per heavy atom. The minimum absolute atomic E-state index is 0.193. The zero-order chi connectivity index (χ0) is 20.8. The molecule has 0 bridgehead atoms. The molecule has 3 aromatic rings. The van der Waals surface area contributed by atoms with Gasteiger partial charge in [-0.2, -0.15) is 5.10 Å². The molecule has 4 nitrogen and oxygen atoms in total. The summed E-state index contributed by atoms with van der Waals surface area (Å²) in [6, 6.07) is 15.2. The van der Waals surface area contributed by atoms with Crippen molar-refractivity contribution >= 4 is 5.71 Å². The van der Waals surface area contributed by atoms with Gasteiger partial charge in [-0.05, 0) is 35.9 Å². The van der Waals surface area contributed by atoms with Crippen LogP contribution in [0.1, 0.15) is 35.4 Å². The second-order valence-electron chi connectivity index (χ2n) is 7.18. The maximum atomic E-state index is 14.0. The van der Waals surface area contributed by atoms with Gasteiger partial charge in [-0.3, -0.25) is 0 Å². The van der Waals surface area contributed by atoms with Crippen molar-refractivity contribution in [1.82, 2.24) is 5.01 Å². The van der Waals surface area contributed by atoms with Crippen LogP contribution in [0, 0.1) is 17.5 Å². The Morgan fingerprint density at radius 2 is 1.80 bits per heavy atom. The fourth-order valence-corrected chi connectivity index (χ4v) is 3.95. The minimum Gasteiger partial charge on any atom is -0.493 e. The molecule has 0 radical (unpaired) electrons. The van der Waals surface area contributed by atoms with Crippen LogP contribution in [0.5, 0.6) is 11.5 Å². The van der Waals surface area contributed by atoms with E-state index >= 15 is 0 Å². The van der Waals surface area contributed by atoms with Gasteiger partial charge in [0.1, 0.15) is 5.82 Å². The molecule has 152 valence electrons. The molecule has 7 heteroatoms. The third-order valence-electron chi connectivity index (χ3n) is 5.41. The van der Waals surface area contributed by atoms with Crippen LogP contribution in [-0.2, 0) is 0 Å². The summed E-state index contributed by atoms with van der Waals surface area (Å²) in [4.78, 5) is 0. The van der Waals surface area contributed by atoms with Crippen molar-refractivity contribution in [3.8, 4) is 11.5 Å². The van der Waals surface area contributed by atoms with Gasteiger partial charge >= 0.3 is 0 Å². The summed E-state index contributed by atoms with van der Waals surface area (Å²) in [5.74, 6) is -1.11. The van der Waals surface area contributed by atoms with E-state index in [1.54, 1.807) is 30.3 Å². The van der Waals surface area contributed by atoms with E-state index in [1.807, 2.05) is 12.1 Å². The summed E-state index contributed by atoms with van der Waals surface area (Å²) in [5, 5.41) is 6.46. The fraction of sp³-hybridized carbons (Fsp3) is 0.174. The molecule has 0 saturated carbocycles. The van der Waals surface area contributed by atoms with Gasteiger partial charge < -0.3 is 9.47 Å². The summed E-state index contributed by atoms with van der Waals surface area (Å²) in [6.07, 6.45) is -0.221. The van der Waals surface area contributed by atoms with E-state index in [-0.39, 0.29) is 11.9 Å². The highest BCUT2D eigenvalue weighted by molar-refractivity contribution is 6.02. The number of methoxy groups -OCH3 is 1. The van der Waals surface area contributed by atoms with E-state index in [4.69, 9.17) is 14.6 Å². The van der Waals surface area contributed by atoms with Crippen LogP contribution in [0.25, 0.3) is 0 Å². The van der Waals surface area contributed by atoms with Crippen LogP contribution in [0.4, 0.5) is 13.2 Å². The highest BCUT2D eigenvalue weighted by Crippen LogP contribution is 2.50. The quantitative estimate of drug-likeness (QED) is 0.583. The Bertz CT molecular complexity index is 1150. The first kappa shape index (κ1) is 18.5. The second kappa shape index (κ2) is 7.09. The summed E-state index contributed by atoms with van der Waals surface area (Å²) in [7, 11) is 1.55. The normalized spacial score (nSPS) is 19.6. The minimum atomic E-state index is -0.958. The molecule has 2 aliphatic heterocycles. The Morgan fingerprint density at radius 3 is 2.53 bits per heavy atom. The van der Waals surface area contributed by atoms with Gasteiger partial charge in [-0.25, -0.2) is 18.2 Å². The molecule has 3 aromatic carbocycles. The molecular formula is C23H17F3N2O2. The number of hydrazone groups is 1. The van der Waals surface area contributed by atoms with Crippen LogP contribution >= 0.6 is 0 Å². The molecule has 5 rings (SSSR count).